The number of pyridine rings is 1. The van der Waals surface area contributed by atoms with Crippen LogP contribution in [0.3, 0.4) is 0 Å². The first-order valence-corrected chi connectivity index (χ1v) is 11.1. The summed E-state index contributed by atoms with van der Waals surface area (Å²) in [6.07, 6.45) is 3.80. The number of aryl methyl sites for hydroxylation is 1. The van der Waals surface area contributed by atoms with Crippen LogP contribution in [0.15, 0.2) is 48.2 Å². The third kappa shape index (κ3) is 6.85. The SMILES string of the molecule is C=C/C(=N\N(C(=O)Nc1c(C)cc(Cl)cc1C(=O)NNC(=O)OC)c1ncccc1Cl)SC. The molecule has 0 aliphatic carbocycles. The number of hydrazone groups is 1. The van der Waals surface area contributed by atoms with E-state index < -0.39 is 18.0 Å². The molecule has 33 heavy (non-hydrogen) atoms. The fraction of sp³-hybridized carbons (Fsp3) is 0.150. The maximum atomic E-state index is 13.3. The molecule has 1 heterocycles. The van der Waals surface area contributed by atoms with E-state index in [-0.39, 0.29) is 27.1 Å². The van der Waals surface area contributed by atoms with E-state index in [0.717, 1.165) is 12.1 Å². The van der Waals surface area contributed by atoms with Gasteiger partial charge in [-0.2, -0.15) is 10.1 Å². The van der Waals surface area contributed by atoms with Crippen LogP contribution in [-0.2, 0) is 4.74 Å². The number of urea groups is 1. The Bertz CT molecular complexity index is 1110. The number of hydrazine groups is 1. The molecule has 2 rings (SSSR count). The van der Waals surface area contributed by atoms with Gasteiger partial charge in [-0.25, -0.2) is 20.0 Å². The molecule has 13 heteroatoms. The minimum absolute atomic E-state index is 0.0189. The minimum atomic E-state index is -0.882. The summed E-state index contributed by atoms with van der Waals surface area (Å²) in [5.41, 5.74) is 4.82. The topological polar surface area (TPSA) is 125 Å². The maximum absolute atomic E-state index is 13.3. The van der Waals surface area contributed by atoms with Crippen LogP contribution in [0.4, 0.5) is 21.1 Å². The monoisotopic (exact) mass is 510 g/mol. The molecule has 3 N–H and O–H groups in total. The van der Waals surface area contributed by atoms with E-state index in [4.69, 9.17) is 23.2 Å². The summed E-state index contributed by atoms with van der Waals surface area (Å²) in [5, 5.41) is 8.70. The fourth-order valence-corrected chi connectivity index (χ4v) is 3.26. The number of amides is 4. The summed E-state index contributed by atoms with van der Waals surface area (Å²) >= 11 is 13.6. The lowest BCUT2D eigenvalue weighted by molar-refractivity contribution is 0.0921. The van der Waals surface area contributed by atoms with E-state index >= 15 is 0 Å². The summed E-state index contributed by atoms with van der Waals surface area (Å²) < 4.78 is 4.42. The predicted octanol–water partition coefficient (Wildman–Crippen LogP) is 4.60. The summed E-state index contributed by atoms with van der Waals surface area (Å²) in [5.74, 6) is -0.682. The summed E-state index contributed by atoms with van der Waals surface area (Å²) in [7, 11) is 1.14. The molecule has 0 saturated carbocycles. The first kappa shape index (κ1) is 26.0. The number of methoxy groups -OCH3 is 1. The zero-order valence-electron chi connectivity index (χ0n) is 17.8. The number of nitrogens with zero attached hydrogens (tertiary/aromatic N) is 3. The van der Waals surface area contributed by atoms with Gasteiger partial charge in [-0.15, -0.1) is 11.8 Å². The molecular formula is C20H20Cl2N6O4S. The molecule has 0 spiro atoms. The molecule has 0 bridgehead atoms. The smallest absolute Gasteiger partial charge is 0.425 e. The van der Waals surface area contributed by atoms with E-state index in [1.165, 1.54) is 30.1 Å². The average molecular weight is 511 g/mol. The molecule has 0 unspecified atom stereocenters. The summed E-state index contributed by atoms with van der Waals surface area (Å²) in [4.78, 5) is 41.3. The number of carbonyl (C=O) groups excluding carboxylic acids is 3. The molecule has 0 atom stereocenters. The zero-order chi connectivity index (χ0) is 24.5. The van der Waals surface area contributed by atoms with Crippen LogP contribution >= 0.6 is 35.0 Å². The van der Waals surface area contributed by atoms with Crippen LogP contribution in [0.5, 0.6) is 0 Å². The molecule has 174 valence electrons. The van der Waals surface area contributed by atoms with Crippen molar-refractivity contribution >= 4 is 69.5 Å². The van der Waals surface area contributed by atoms with E-state index in [1.54, 1.807) is 31.4 Å². The number of nitrogens with one attached hydrogen (secondary N) is 3. The van der Waals surface area contributed by atoms with Gasteiger partial charge >= 0.3 is 12.1 Å². The number of aromatic nitrogens is 1. The molecule has 1 aromatic carbocycles. The van der Waals surface area contributed by atoms with Crippen molar-refractivity contribution < 1.29 is 19.1 Å². The van der Waals surface area contributed by atoms with Crippen molar-refractivity contribution in [3.63, 3.8) is 0 Å². The van der Waals surface area contributed by atoms with E-state index in [1.807, 2.05) is 0 Å². The van der Waals surface area contributed by atoms with E-state index in [0.29, 0.717) is 10.6 Å². The van der Waals surface area contributed by atoms with Gasteiger partial charge in [0.1, 0.15) is 5.04 Å². The highest BCUT2D eigenvalue weighted by Gasteiger charge is 2.24. The van der Waals surface area contributed by atoms with Gasteiger partial charge in [0.05, 0.1) is 23.4 Å². The number of hydrogen-bond acceptors (Lipinski definition) is 7. The largest absolute Gasteiger partial charge is 0.452 e. The number of ether oxygens (including phenoxy) is 1. The fourth-order valence-electron chi connectivity index (χ4n) is 2.46. The quantitative estimate of drug-likeness (QED) is 0.306. The van der Waals surface area contributed by atoms with Crippen molar-refractivity contribution in [2.45, 2.75) is 6.92 Å². The lowest BCUT2D eigenvalue weighted by atomic mass is 10.1. The summed E-state index contributed by atoms with van der Waals surface area (Å²) in [6, 6.07) is 5.28. The van der Waals surface area contributed by atoms with Gasteiger partial charge < -0.3 is 10.1 Å². The standard InChI is InChI=1S/C20H20Cl2N6O4S/c1-5-15(33-4)27-28(17-14(22)7-6-8-23-17)19(30)24-16-11(2)9-12(21)10-13(16)18(29)25-26-20(31)32-3/h5-10H,1H2,2-4H3,(H,24,30)(H,25,29)(H,26,31)/b27-15+. The van der Waals surface area contributed by atoms with E-state index in [2.05, 4.69) is 37.6 Å². The Labute approximate surface area is 204 Å². The van der Waals surface area contributed by atoms with Crippen molar-refractivity contribution in [1.29, 1.82) is 0 Å². The van der Waals surface area contributed by atoms with Gasteiger partial charge in [0, 0.05) is 11.2 Å². The Morgan fingerprint density at radius 3 is 2.61 bits per heavy atom. The second kappa shape index (κ2) is 12.1. The van der Waals surface area contributed by atoms with Crippen LogP contribution in [0, 0.1) is 6.92 Å². The van der Waals surface area contributed by atoms with Crippen molar-refractivity contribution in [2.75, 3.05) is 23.7 Å². The van der Waals surface area contributed by atoms with Gasteiger partial charge in [-0.05, 0) is 49.1 Å². The molecule has 2 aromatic rings. The highest BCUT2D eigenvalue weighted by molar-refractivity contribution is 8.13. The van der Waals surface area contributed by atoms with Crippen LogP contribution in [0.1, 0.15) is 15.9 Å². The van der Waals surface area contributed by atoms with Crippen molar-refractivity contribution in [3.05, 3.63) is 64.3 Å². The molecule has 1 aromatic heterocycles. The number of anilines is 2. The highest BCUT2D eigenvalue weighted by atomic mass is 35.5. The van der Waals surface area contributed by atoms with Gasteiger partial charge in [-0.1, -0.05) is 29.8 Å². The molecule has 0 aliphatic heterocycles. The Morgan fingerprint density at radius 2 is 2.00 bits per heavy atom. The molecule has 0 saturated heterocycles. The normalized spacial score (nSPS) is 10.8. The van der Waals surface area contributed by atoms with Crippen LogP contribution < -0.4 is 21.2 Å². The Balaban J connectivity index is 2.48. The Morgan fingerprint density at radius 1 is 1.27 bits per heavy atom. The van der Waals surface area contributed by atoms with Crippen LogP contribution in [0.2, 0.25) is 10.0 Å². The average Bonchev–Trinajstić information content (AvgIpc) is 2.80. The van der Waals surface area contributed by atoms with Gasteiger partial charge in [0.25, 0.3) is 5.91 Å². The number of halogens is 2. The molecule has 0 radical (unpaired) electrons. The second-order valence-corrected chi connectivity index (χ2v) is 7.78. The van der Waals surface area contributed by atoms with E-state index in [9.17, 15) is 14.4 Å². The Hall–Kier alpha value is -3.28. The second-order valence-electron chi connectivity index (χ2n) is 6.11. The van der Waals surface area contributed by atoms with Crippen molar-refractivity contribution in [2.24, 2.45) is 5.10 Å². The molecule has 10 nitrogen and oxygen atoms in total. The lowest BCUT2D eigenvalue weighted by Crippen LogP contribution is -2.42. The first-order valence-electron chi connectivity index (χ1n) is 9.12. The third-order valence-corrected chi connectivity index (χ3v) is 5.13. The lowest BCUT2D eigenvalue weighted by Gasteiger charge is -2.21. The van der Waals surface area contributed by atoms with Gasteiger partial charge in [0.15, 0.2) is 5.82 Å². The molecule has 0 fully saturated rings. The first-order chi connectivity index (χ1) is 15.7. The van der Waals surface area contributed by atoms with Crippen LogP contribution in [-0.4, -0.2) is 41.4 Å². The van der Waals surface area contributed by atoms with Crippen molar-refractivity contribution in [1.82, 2.24) is 15.8 Å². The molecule has 0 aliphatic rings. The molecule has 4 amide bonds. The third-order valence-electron chi connectivity index (χ3n) is 3.95. The minimum Gasteiger partial charge on any atom is -0.452 e. The van der Waals surface area contributed by atoms with Crippen molar-refractivity contribution in [3.8, 4) is 0 Å². The van der Waals surface area contributed by atoms with Gasteiger partial charge in [-0.3, -0.25) is 10.2 Å². The van der Waals surface area contributed by atoms with Crippen LogP contribution in [0.25, 0.3) is 0 Å². The summed E-state index contributed by atoms with van der Waals surface area (Å²) in [6.45, 7) is 5.31. The number of rotatable bonds is 5. The number of hydrogen-bond donors (Lipinski definition) is 3. The van der Waals surface area contributed by atoms with Gasteiger partial charge in [0.2, 0.25) is 0 Å². The number of thioether (sulfide) groups is 1. The predicted molar refractivity (Wildman–Crippen MR) is 131 cm³/mol. The molecular weight excluding hydrogens is 491 g/mol. The zero-order valence-corrected chi connectivity index (χ0v) is 20.1. The number of benzene rings is 1. The number of carbonyl (C=O) groups is 3. The Kier molecular flexibility index (Phi) is 9.52. The highest BCUT2D eigenvalue weighted by Crippen LogP contribution is 2.28. The maximum Gasteiger partial charge on any atom is 0.425 e.